The number of fused-ring (bicyclic) bond motifs is 10. The summed E-state index contributed by atoms with van der Waals surface area (Å²) >= 11 is 0. The van der Waals surface area contributed by atoms with Gasteiger partial charge in [-0.15, -0.1) is 0 Å². The lowest BCUT2D eigenvalue weighted by Crippen LogP contribution is -2.03. The average Bonchev–Trinajstić information content (AvgIpc) is 4.04. The normalized spacial score (nSPS) is 11.9. The van der Waals surface area contributed by atoms with Gasteiger partial charge >= 0.3 is 0 Å². The van der Waals surface area contributed by atoms with Crippen molar-refractivity contribution in [2.24, 2.45) is 0 Å². The fraction of sp³-hybridized carbons (Fsp3) is 0. The first kappa shape index (κ1) is 37.3. The van der Waals surface area contributed by atoms with Gasteiger partial charge in [0.25, 0.3) is 0 Å². The van der Waals surface area contributed by atoms with Crippen LogP contribution >= 0.6 is 0 Å². The van der Waals surface area contributed by atoms with Gasteiger partial charge < -0.3 is 13.7 Å². The lowest BCUT2D eigenvalue weighted by atomic mass is 10.1. The third-order valence-electron chi connectivity index (χ3n) is 13.4. The van der Waals surface area contributed by atoms with Crippen molar-refractivity contribution in [2.75, 3.05) is 0 Å². The molecule has 67 heavy (non-hydrogen) atoms. The molecule has 0 spiro atoms. The summed E-state index contributed by atoms with van der Waals surface area (Å²) in [6, 6.07) is 82.2. The van der Waals surface area contributed by atoms with E-state index in [1.54, 1.807) is 0 Å². The Kier molecular flexibility index (Phi) is 8.18. The van der Waals surface area contributed by atoms with E-state index in [1.165, 1.54) is 43.4 Å². The first-order valence-corrected chi connectivity index (χ1v) is 22.7. The third-order valence-corrected chi connectivity index (χ3v) is 13.4. The Morgan fingerprint density at radius 3 is 0.985 bits per heavy atom. The Morgan fingerprint density at radius 1 is 0.224 bits per heavy atom. The summed E-state index contributed by atoms with van der Waals surface area (Å²) in [6.45, 7) is 0. The van der Waals surface area contributed by atoms with E-state index in [2.05, 4.69) is 244 Å². The summed E-state index contributed by atoms with van der Waals surface area (Å²) in [7, 11) is 0. The number of aromatic nitrogens is 6. The molecule has 0 saturated heterocycles. The van der Waals surface area contributed by atoms with Crippen molar-refractivity contribution < 1.29 is 0 Å². The van der Waals surface area contributed by atoms with E-state index in [1.807, 2.05) is 0 Å². The maximum absolute atomic E-state index is 5.40. The van der Waals surface area contributed by atoms with Gasteiger partial charge in [-0.1, -0.05) is 146 Å². The van der Waals surface area contributed by atoms with Crippen LogP contribution in [0.15, 0.2) is 231 Å². The van der Waals surface area contributed by atoms with Crippen molar-refractivity contribution >= 4 is 76.2 Å². The van der Waals surface area contributed by atoms with Crippen LogP contribution in [0.2, 0.25) is 0 Å². The molecule has 0 unspecified atom stereocenters. The van der Waals surface area contributed by atoms with Gasteiger partial charge in [-0.05, 0) is 95.7 Å². The van der Waals surface area contributed by atoms with Crippen LogP contribution in [0.1, 0.15) is 0 Å². The van der Waals surface area contributed by atoms with Gasteiger partial charge in [-0.3, -0.25) is 0 Å². The van der Waals surface area contributed by atoms with Crippen molar-refractivity contribution in [2.45, 2.75) is 0 Å². The van der Waals surface area contributed by atoms with Crippen LogP contribution in [0.25, 0.3) is 127 Å². The first-order chi connectivity index (χ1) is 33.2. The van der Waals surface area contributed by atoms with E-state index in [9.17, 15) is 0 Å². The Morgan fingerprint density at radius 2 is 0.552 bits per heavy atom. The number of benzene rings is 10. The molecule has 4 aromatic heterocycles. The van der Waals surface area contributed by atoms with Crippen molar-refractivity contribution in [3.8, 4) is 51.2 Å². The smallest absolute Gasteiger partial charge is 0.164 e. The van der Waals surface area contributed by atoms with E-state index in [-0.39, 0.29) is 0 Å². The predicted octanol–water partition coefficient (Wildman–Crippen LogP) is 15.3. The second-order valence-electron chi connectivity index (χ2n) is 17.3. The maximum Gasteiger partial charge on any atom is 0.164 e. The molecule has 4 heterocycles. The quantitative estimate of drug-likeness (QED) is 0.167. The molecule has 0 aliphatic carbocycles. The Labute approximate surface area is 384 Å². The van der Waals surface area contributed by atoms with Crippen LogP contribution in [-0.4, -0.2) is 28.7 Å². The molecule has 0 amide bonds. The zero-order chi connectivity index (χ0) is 44.0. The highest BCUT2D eigenvalue weighted by Gasteiger charge is 2.20. The monoisotopic (exact) mass is 854 g/mol. The number of rotatable bonds is 6. The second kappa shape index (κ2) is 14.7. The zero-order valence-corrected chi connectivity index (χ0v) is 36.1. The molecule has 14 rings (SSSR count). The minimum atomic E-state index is 0.587. The highest BCUT2D eigenvalue weighted by molar-refractivity contribution is 6.11. The summed E-state index contributed by atoms with van der Waals surface area (Å²) in [5.74, 6) is 1.80. The highest BCUT2D eigenvalue weighted by Crippen LogP contribution is 2.39. The molecule has 6 heteroatoms. The van der Waals surface area contributed by atoms with Crippen LogP contribution in [0.5, 0.6) is 0 Å². The average molecular weight is 855 g/mol. The number of hydrogen-bond acceptors (Lipinski definition) is 3. The standard InChI is InChI=1S/C61H38N6/c1-2-16-41-35-42(30-29-39(41)15-1)60-62-59(40-31-33-44(34-32-40)65-53-23-9-3-17-47(53)48-18-4-10-24-54(48)65)63-61(64-60)43-36-45(66-55-25-11-5-19-49(55)50-20-6-12-26-56(50)66)38-46(37-43)67-57-27-13-7-21-51(57)52-22-8-14-28-58(52)67/h1-38H. The van der Waals surface area contributed by atoms with E-state index < -0.39 is 0 Å². The van der Waals surface area contributed by atoms with Gasteiger partial charge in [0.2, 0.25) is 0 Å². The van der Waals surface area contributed by atoms with Gasteiger partial charge in [-0.2, -0.15) is 0 Å². The van der Waals surface area contributed by atoms with Crippen molar-refractivity contribution in [3.05, 3.63) is 231 Å². The first-order valence-electron chi connectivity index (χ1n) is 22.7. The topological polar surface area (TPSA) is 53.5 Å². The Hall–Kier alpha value is -9.13. The summed E-state index contributed by atoms with van der Waals surface area (Å²) in [6.07, 6.45) is 0. The van der Waals surface area contributed by atoms with Gasteiger partial charge in [0, 0.05) is 66.1 Å². The number of nitrogens with zero attached hydrogens (tertiary/aromatic N) is 6. The van der Waals surface area contributed by atoms with Crippen molar-refractivity contribution in [1.82, 2.24) is 28.7 Å². The van der Waals surface area contributed by atoms with Gasteiger partial charge in [0.15, 0.2) is 17.5 Å². The lowest BCUT2D eigenvalue weighted by molar-refractivity contribution is 1.07. The Balaban J connectivity index is 1.02. The number of hydrogen-bond donors (Lipinski definition) is 0. The molecular formula is C61H38N6. The molecule has 0 radical (unpaired) electrons. The summed E-state index contributed by atoms with van der Waals surface area (Å²) < 4.78 is 7.10. The molecule has 6 nitrogen and oxygen atoms in total. The minimum absolute atomic E-state index is 0.587. The fourth-order valence-corrected chi connectivity index (χ4v) is 10.4. The molecule has 0 saturated carbocycles. The van der Waals surface area contributed by atoms with E-state index >= 15 is 0 Å². The molecule has 0 fully saturated rings. The molecule has 10 aromatic carbocycles. The van der Waals surface area contributed by atoms with Gasteiger partial charge in [0.05, 0.1) is 33.1 Å². The van der Waals surface area contributed by atoms with Crippen LogP contribution < -0.4 is 0 Å². The molecule has 14 aromatic rings. The zero-order valence-electron chi connectivity index (χ0n) is 36.1. The molecule has 0 N–H and O–H groups in total. The molecule has 0 aliphatic heterocycles. The largest absolute Gasteiger partial charge is 0.309 e. The Bertz CT molecular complexity index is 3990. The summed E-state index contributed by atoms with van der Waals surface area (Å²) in [5.41, 5.74) is 12.6. The van der Waals surface area contributed by atoms with Crippen molar-refractivity contribution in [1.29, 1.82) is 0 Å². The summed E-state index contributed by atoms with van der Waals surface area (Å²) in [4.78, 5) is 16.1. The van der Waals surface area contributed by atoms with E-state index in [0.29, 0.717) is 17.5 Å². The predicted molar refractivity (Wildman–Crippen MR) is 277 cm³/mol. The third kappa shape index (κ3) is 5.86. The molecule has 0 bridgehead atoms. The second-order valence-corrected chi connectivity index (χ2v) is 17.3. The molecule has 0 aliphatic rings. The molecular weight excluding hydrogens is 817 g/mol. The highest BCUT2D eigenvalue weighted by atomic mass is 15.0. The minimum Gasteiger partial charge on any atom is -0.309 e. The summed E-state index contributed by atoms with van der Waals surface area (Å²) in [5, 5.41) is 9.55. The van der Waals surface area contributed by atoms with Crippen LogP contribution in [-0.2, 0) is 0 Å². The van der Waals surface area contributed by atoms with E-state index in [0.717, 1.165) is 66.6 Å². The van der Waals surface area contributed by atoms with Crippen LogP contribution in [0.3, 0.4) is 0 Å². The van der Waals surface area contributed by atoms with Crippen LogP contribution in [0.4, 0.5) is 0 Å². The van der Waals surface area contributed by atoms with Gasteiger partial charge in [0.1, 0.15) is 0 Å². The fourth-order valence-electron chi connectivity index (χ4n) is 10.4. The number of para-hydroxylation sites is 6. The maximum atomic E-state index is 5.40. The van der Waals surface area contributed by atoms with Crippen LogP contribution in [0, 0.1) is 0 Å². The SMILES string of the molecule is c1ccc2cc(-c3nc(-c4ccc(-n5c6ccccc6c6ccccc65)cc4)nc(-c4cc(-n5c6ccccc6c6ccccc65)cc(-n5c6ccccc6c6ccccc65)c4)n3)ccc2c1. The van der Waals surface area contributed by atoms with E-state index in [4.69, 9.17) is 15.0 Å². The molecule has 312 valence electrons. The lowest BCUT2D eigenvalue weighted by Gasteiger charge is -2.16. The van der Waals surface area contributed by atoms with Crippen molar-refractivity contribution in [3.63, 3.8) is 0 Å². The van der Waals surface area contributed by atoms with Gasteiger partial charge in [-0.25, -0.2) is 15.0 Å². The molecule has 0 atom stereocenters.